The summed E-state index contributed by atoms with van der Waals surface area (Å²) in [6.07, 6.45) is 0.813. The normalized spacial score (nSPS) is 12.8. The average Bonchev–Trinajstić information content (AvgIpc) is 2.70. The second-order valence-electron chi connectivity index (χ2n) is 6.79. The number of rotatable bonds is 13. The highest BCUT2D eigenvalue weighted by atomic mass is 28.4. The zero-order valence-corrected chi connectivity index (χ0v) is 18.7. The Morgan fingerprint density at radius 3 is 2.32 bits per heavy atom. The molecule has 9 heteroatoms. The molecule has 0 aliphatic heterocycles. The van der Waals surface area contributed by atoms with Gasteiger partial charge in [0.05, 0.1) is 7.11 Å². The predicted molar refractivity (Wildman–Crippen MR) is 110 cm³/mol. The van der Waals surface area contributed by atoms with E-state index < -0.39 is 14.8 Å². The van der Waals surface area contributed by atoms with Gasteiger partial charge in [0.15, 0.2) is 0 Å². The fourth-order valence-corrected chi connectivity index (χ4v) is 4.59. The lowest BCUT2D eigenvalue weighted by Crippen LogP contribution is -2.42. The number of ether oxygens (including phenoxy) is 1. The van der Waals surface area contributed by atoms with Crippen LogP contribution in [0, 0.1) is 5.92 Å². The van der Waals surface area contributed by atoms with Gasteiger partial charge in [-0.05, 0) is 30.5 Å². The van der Waals surface area contributed by atoms with Crippen LogP contribution in [0.2, 0.25) is 6.04 Å². The second kappa shape index (κ2) is 12.0. The van der Waals surface area contributed by atoms with Crippen LogP contribution >= 0.6 is 0 Å². The monoisotopic (exact) mass is 414 g/mol. The molecule has 1 aromatic carbocycles. The first-order valence-electron chi connectivity index (χ1n) is 9.34. The molecule has 28 heavy (non-hydrogen) atoms. The van der Waals surface area contributed by atoms with Crippen molar-refractivity contribution in [3.8, 4) is 5.75 Å². The molecule has 8 nitrogen and oxygen atoms in total. The molecule has 0 unspecified atom stereocenters. The van der Waals surface area contributed by atoms with E-state index in [1.807, 2.05) is 26.0 Å². The molecule has 3 N–H and O–H groups in total. The Morgan fingerprint density at radius 1 is 1.14 bits per heavy atom. The topological polar surface area (TPSA) is 98.3 Å². The van der Waals surface area contributed by atoms with Gasteiger partial charge < -0.3 is 28.4 Å². The molecule has 0 radical (unpaired) electrons. The van der Waals surface area contributed by atoms with Crippen molar-refractivity contribution in [1.82, 2.24) is 5.32 Å². The standard InChI is InChI=1S/C19H34N2O6Si/c1-14(2)18(19(23)24-3)21-13-15-12-16(8-9-17(15)22)20-10-7-11-28(25-4,26-5)27-6/h8-9,12,14,18,20-22H,7,10-11,13H2,1-6H3/t18-/m1/s1. The Kier molecular flexibility index (Phi) is 10.5. The van der Waals surface area contributed by atoms with Crippen molar-refractivity contribution in [2.75, 3.05) is 40.3 Å². The minimum Gasteiger partial charge on any atom is -0.508 e. The van der Waals surface area contributed by atoms with E-state index in [-0.39, 0.29) is 17.6 Å². The van der Waals surface area contributed by atoms with Crippen LogP contribution in [0.25, 0.3) is 0 Å². The number of phenolic OH excluding ortho intramolecular Hbond substituents is 1. The van der Waals surface area contributed by atoms with Gasteiger partial charge in [0, 0.05) is 51.7 Å². The first-order chi connectivity index (χ1) is 13.3. The number of hydrogen-bond donors (Lipinski definition) is 3. The SMILES string of the molecule is COC(=O)[C@H](NCc1cc(NCCC[Si](OC)(OC)OC)ccc1O)C(C)C. The van der Waals surface area contributed by atoms with E-state index in [4.69, 9.17) is 18.0 Å². The highest BCUT2D eigenvalue weighted by molar-refractivity contribution is 6.60. The fraction of sp³-hybridized carbons (Fsp3) is 0.632. The average molecular weight is 415 g/mol. The van der Waals surface area contributed by atoms with Crippen LogP contribution in [0.1, 0.15) is 25.8 Å². The summed E-state index contributed by atoms with van der Waals surface area (Å²) >= 11 is 0. The van der Waals surface area contributed by atoms with Crippen molar-refractivity contribution in [1.29, 1.82) is 0 Å². The van der Waals surface area contributed by atoms with Crippen molar-refractivity contribution in [3.63, 3.8) is 0 Å². The van der Waals surface area contributed by atoms with Crippen LogP contribution in [-0.4, -0.2) is 60.9 Å². The molecular weight excluding hydrogens is 380 g/mol. The van der Waals surface area contributed by atoms with Gasteiger partial charge >= 0.3 is 14.8 Å². The number of aromatic hydroxyl groups is 1. The van der Waals surface area contributed by atoms with Crippen LogP contribution in [0.3, 0.4) is 0 Å². The highest BCUT2D eigenvalue weighted by Crippen LogP contribution is 2.22. The predicted octanol–water partition coefficient (Wildman–Crippen LogP) is 2.36. The Balaban J connectivity index is 2.64. The van der Waals surface area contributed by atoms with E-state index >= 15 is 0 Å². The first kappa shape index (κ1) is 24.4. The third-order valence-corrected chi connectivity index (χ3v) is 7.47. The van der Waals surface area contributed by atoms with Gasteiger partial charge in [0.1, 0.15) is 11.8 Å². The van der Waals surface area contributed by atoms with Crippen molar-refractivity contribution in [2.45, 2.75) is 38.9 Å². The van der Waals surface area contributed by atoms with Gasteiger partial charge in [0.2, 0.25) is 0 Å². The largest absolute Gasteiger partial charge is 0.508 e. The Labute approximate surface area is 168 Å². The molecule has 1 atom stereocenters. The minimum atomic E-state index is -2.56. The number of methoxy groups -OCH3 is 1. The Morgan fingerprint density at radius 2 is 1.79 bits per heavy atom. The van der Waals surface area contributed by atoms with E-state index in [1.54, 1.807) is 27.4 Å². The second-order valence-corrected chi connectivity index (χ2v) is 9.89. The molecule has 0 aliphatic rings. The number of esters is 1. The lowest BCUT2D eigenvalue weighted by atomic mass is 10.0. The summed E-state index contributed by atoms with van der Waals surface area (Å²) in [6, 6.07) is 5.58. The molecule has 1 rings (SSSR count). The number of nitrogens with one attached hydrogen (secondary N) is 2. The minimum absolute atomic E-state index is 0.0719. The Hall–Kier alpha value is -1.65. The lowest BCUT2D eigenvalue weighted by Gasteiger charge is -2.24. The molecular formula is C19H34N2O6Si. The summed E-state index contributed by atoms with van der Waals surface area (Å²) in [5.74, 6) is -0.0662. The van der Waals surface area contributed by atoms with Gasteiger partial charge in [-0.15, -0.1) is 0 Å². The quantitative estimate of drug-likeness (QED) is 0.196. The van der Waals surface area contributed by atoms with Crippen molar-refractivity contribution >= 4 is 20.5 Å². The molecule has 0 aromatic heterocycles. The van der Waals surface area contributed by atoms with Crippen LogP contribution in [0.15, 0.2) is 18.2 Å². The van der Waals surface area contributed by atoms with Gasteiger partial charge in [0.25, 0.3) is 0 Å². The maximum absolute atomic E-state index is 11.9. The van der Waals surface area contributed by atoms with E-state index in [0.29, 0.717) is 24.7 Å². The molecule has 0 bridgehead atoms. The van der Waals surface area contributed by atoms with Crippen LogP contribution in [0.4, 0.5) is 5.69 Å². The van der Waals surface area contributed by atoms with E-state index in [2.05, 4.69) is 10.6 Å². The molecule has 0 heterocycles. The highest BCUT2D eigenvalue weighted by Gasteiger charge is 2.36. The molecule has 160 valence electrons. The van der Waals surface area contributed by atoms with E-state index in [1.165, 1.54) is 7.11 Å². The summed E-state index contributed by atoms with van der Waals surface area (Å²) in [6.45, 7) is 4.94. The van der Waals surface area contributed by atoms with Gasteiger partial charge in [-0.3, -0.25) is 10.1 Å². The zero-order valence-electron chi connectivity index (χ0n) is 17.7. The molecule has 0 saturated heterocycles. The number of carbonyl (C=O) groups is 1. The van der Waals surface area contributed by atoms with Crippen molar-refractivity contribution < 1.29 is 27.9 Å². The molecule has 0 fully saturated rings. The molecule has 0 spiro atoms. The van der Waals surface area contributed by atoms with Crippen molar-refractivity contribution in [3.05, 3.63) is 23.8 Å². The number of benzene rings is 1. The van der Waals surface area contributed by atoms with Gasteiger partial charge in [-0.2, -0.15) is 0 Å². The number of anilines is 1. The summed E-state index contributed by atoms with van der Waals surface area (Å²) in [7, 11) is 3.62. The van der Waals surface area contributed by atoms with Gasteiger partial charge in [-0.25, -0.2) is 0 Å². The maximum atomic E-state index is 11.9. The van der Waals surface area contributed by atoms with Gasteiger partial charge in [-0.1, -0.05) is 13.8 Å². The number of hydrogen-bond acceptors (Lipinski definition) is 8. The molecule has 1 aromatic rings. The van der Waals surface area contributed by atoms with Crippen LogP contribution < -0.4 is 10.6 Å². The zero-order chi connectivity index (χ0) is 21.2. The summed E-state index contributed by atoms with van der Waals surface area (Å²) in [5, 5.41) is 16.6. The third-order valence-electron chi connectivity index (χ3n) is 4.64. The van der Waals surface area contributed by atoms with Crippen molar-refractivity contribution in [2.24, 2.45) is 5.92 Å². The number of phenols is 1. The Bertz CT molecular complexity index is 602. The number of carbonyl (C=O) groups excluding carboxylic acids is 1. The molecule has 0 amide bonds. The molecule has 0 saturated carbocycles. The summed E-state index contributed by atoms with van der Waals surface area (Å²) in [4.78, 5) is 11.9. The van der Waals surface area contributed by atoms with E-state index in [9.17, 15) is 9.90 Å². The van der Waals surface area contributed by atoms with Crippen LogP contribution in [0.5, 0.6) is 5.75 Å². The molecule has 0 aliphatic carbocycles. The van der Waals surface area contributed by atoms with E-state index in [0.717, 1.165) is 12.1 Å². The summed E-state index contributed by atoms with van der Waals surface area (Å²) < 4.78 is 21.1. The lowest BCUT2D eigenvalue weighted by molar-refractivity contribution is -0.144. The maximum Gasteiger partial charge on any atom is 0.500 e. The summed E-state index contributed by atoms with van der Waals surface area (Å²) in [5.41, 5.74) is 1.59. The smallest absolute Gasteiger partial charge is 0.500 e. The fourth-order valence-electron chi connectivity index (χ4n) is 2.87. The van der Waals surface area contributed by atoms with Crippen LogP contribution in [-0.2, 0) is 29.4 Å². The first-order valence-corrected chi connectivity index (χ1v) is 11.3. The third kappa shape index (κ3) is 7.06.